The van der Waals surface area contributed by atoms with Gasteiger partial charge in [-0.15, -0.1) is 0 Å². The van der Waals surface area contributed by atoms with Gasteiger partial charge < -0.3 is 14.8 Å². The molecule has 0 unspecified atom stereocenters. The Bertz CT molecular complexity index is 787. The lowest BCUT2D eigenvalue weighted by atomic mass is 10.0. The smallest absolute Gasteiger partial charge is 0.241 e. The Morgan fingerprint density at radius 3 is 2.37 bits per heavy atom. The van der Waals surface area contributed by atoms with Crippen molar-refractivity contribution in [3.05, 3.63) is 53.6 Å². The fourth-order valence-corrected chi connectivity index (χ4v) is 3.01. The third-order valence-corrected chi connectivity index (χ3v) is 4.92. The van der Waals surface area contributed by atoms with E-state index < -0.39 is 0 Å². The average molecular weight is 368 g/mol. The molecule has 3 rings (SSSR count). The topological polar surface area (TPSA) is 50.8 Å². The molecule has 0 saturated carbocycles. The third-order valence-electron chi connectivity index (χ3n) is 4.92. The molecule has 2 aromatic rings. The Kier molecular flexibility index (Phi) is 6.01. The van der Waals surface area contributed by atoms with Gasteiger partial charge in [-0.1, -0.05) is 32.0 Å². The van der Waals surface area contributed by atoms with Crippen LogP contribution in [0.1, 0.15) is 37.8 Å². The number of nitrogens with one attached hydrogen (secondary N) is 1. The van der Waals surface area contributed by atoms with Gasteiger partial charge in [0.15, 0.2) is 11.5 Å². The van der Waals surface area contributed by atoms with Crippen molar-refractivity contribution in [2.45, 2.75) is 39.3 Å². The predicted molar refractivity (Wildman–Crippen MR) is 108 cm³/mol. The summed E-state index contributed by atoms with van der Waals surface area (Å²) < 4.78 is 11.2. The maximum atomic E-state index is 12.6. The van der Waals surface area contributed by atoms with E-state index in [-0.39, 0.29) is 11.9 Å². The van der Waals surface area contributed by atoms with Crippen molar-refractivity contribution in [2.75, 3.05) is 25.6 Å². The average Bonchev–Trinajstić information content (AvgIpc) is 2.67. The van der Waals surface area contributed by atoms with Crippen LogP contribution in [0.5, 0.6) is 11.5 Å². The van der Waals surface area contributed by atoms with Crippen LogP contribution in [-0.4, -0.2) is 37.1 Å². The summed E-state index contributed by atoms with van der Waals surface area (Å²) in [6, 6.07) is 13.7. The number of carbonyl (C=O) groups is 1. The Hall–Kier alpha value is -2.53. The molecule has 0 saturated heterocycles. The van der Waals surface area contributed by atoms with E-state index in [1.807, 2.05) is 49.2 Å². The summed E-state index contributed by atoms with van der Waals surface area (Å²) in [6.07, 6.45) is 0. The summed E-state index contributed by atoms with van der Waals surface area (Å²) in [7, 11) is 1.95. The van der Waals surface area contributed by atoms with Crippen molar-refractivity contribution in [1.29, 1.82) is 0 Å². The lowest BCUT2D eigenvalue weighted by molar-refractivity contribution is -0.120. The number of benzene rings is 2. The summed E-state index contributed by atoms with van der Waals surface area (Å²) in [5, 5.41) is 3.00. The number of anilines is 1. The van der Waals surface area contributed by atoms with Crippen LogP contribution in [0, 0.1) is 0 Å². The van der Waals surface area contributed by atoms with Crippen LogP contribution in [-0.2, 0) is 11.3 Å². The number of hydrogen-bond acceptors (Lipinski definition) is 4. The van der Waals surface area contributed by atoms with E-state index in [9.17, 15) is 4.79 Å². The highest BCUT2D eigenvalue weighted by Crippen LogP contribution is 2.31. The third kappa shape index (κ3) is 4.80. The van der Waals surface area contributed by atoms with E-state index in [1.165, 1.54) is 5.56 Å². The summed E-state index contributed by atoms with van der Waals surface area (Å²) in [6.45, 7) is 8.03. The van der Waals surface area contributed by atoms with E-state index >= 15 is 0 Å². The molecule has 5 nitrogen and oxygen atoms in total. The molecule has 1 atom stereocenters. The number of ether oxygens (including phenoxy) is 2. The minimum Gasteiger partial charge on any atom is -0.486 e. The molecule has 0 fully saturated rings. The number of rotatable bonds is 6. The molecule has 0 radical (unpaired) electrons. The first-order valence-corrected chi connectivity index (χ1v) is 9.43. The van der Waals surface area contributed by atoms with Gasteiger partial charge >= 0.3 is 0 Å². The Morgan fingerprint density at radius 2 is 1.70 bits per heavy atom. The van der Waals surface area contributed by atoms with Crippen molar-refractivity contribution >= 4 is 11.6 Å². The van der Waals surface area contributed by atoms with Gasteiger partial charge in [0.05, 0.1) is 6.04 Å². The number of carbonyl (C=O) groups excluding carboxylic acids is 1. The fraction of sp³-hybridized carbons (Fsp3) is 0.409. The Morgan fingerprint density at radius 1 is 1.04 bits per heavy atom. The molecule has 1 amide bonds. The fourth-order valence-electron chi connectivity index (χ4n) is 3.01. The SMILES string of the molecule is CC(C)c1ccc(NC(=O)[C@@H](C)N(C)Cc2ccc3c(c2)OCCO3)cc1. The van der Waals surface area contributed by atoms with Crippen LogP contribution < -0.4 is 14.8 Å². The summed E-state index contributed by atoms with van der Waals surface area (Å²) in [5.74, 6) is 2.01. The van der Waals surface area contributed by atoms with Crippen LogP contribution in [0.15, 0.2) is 42.5 Å². The van der Waals surface area contributed by atoms with Gasteiger partial charge in [0.1, 0.15) is 13.2 Å². The predicted octanol–water partition coefficient (Wildman–Crippen LogP) is 4.04. The number of nitrogens with zero attached hydrogens (tertiary/aromatic N) is 1. The molecular formula is C22H28N2O3. The maximum Gasteiger partial charge on any atom is 0.241 e. The monoisotopic (exact) mass is 368 g/mol. The van der Waals surface area contributed by atoms with Crippen LogP contribution in [0.2, 0.25) is 0 Å². The van der Waals surface area contributed by atoms with Gasteiger partial charge in [-0.3, -0.25) is 9.69 Å². The van der Waals surface area contributed by atoms with E-state index in [4.69, 9.17) is 9.47 Å². The van der Waals surface area contributed by atoms with E-state index in [0.717, 1.165) is 22.7 Å². The Labute approximate surface area is 161 Å². The van der Waals surface area contributed by atoms with Crippen molar-refractivity contribution in [1.82, 2.24) is 4.90 Å². The minimum atomic E-state index is -0.261. The number of fused-ring (bicyclic) bond motifs is 1. The molecule has 27 heavy (non-hydrogen) atoms. The van der Waals surface area contributed by atoms with Gasteiger partial charge in [-0.2, -0.15) is 0 Å². The van der Waals surface area contributed by atoms with Gasteiger partial charge in [0.25, 0.3) is 0 Å². The first kappa shape index (κ1) is 19.2. The van der Waals surface area contributed by atoms with Gasteiger partial charge in [0, 0.05) is 12.2 Å². The zero-order valence-corrected chi connectivity index (χ0v) is 16.5. The molecule has 0 aromatic heterocycles. The molecule has 2 aromatic carbocycles. The van der Waals surface area contributed by atoms with Crippen LogP contribution >= 0.6 is 0 Å². The van der Waals surface area contributed by atoms with Gasteiger partial charge in [0.2, 0.25) is 5.91 Å². The van der Waals surface area contributed by atoms with Gasteiger partial charge in [-0.05, 0) is 55.3 Å². The molecule has 144 valence electrons. The molecule has 0 bridgehead atoms. The van der Waals surface area contributed by atoms with E-state index in [0.29, 0.717) is 25.7 Å². The largest absolute Gasteiger partial charge is 0.486 e. The first-order chi connectivity index (χ1) is 12.9. The Balaban J connectivity index is 1.59. The molecule has 1 aliphatic rings. The highest BCUT2D eigenvalue weighted by atomic mass is 16.6. The summed E-state index contributed by atoms with van der Waals surface area (Å²) in [4.78, 5) is 14.6. The molecule has 0 aliphatic carbocycles. The normalized spacial score (nSPS) is 14.3. The molecule has 1 N–H and O–H groups in total. The highest BCUT2D eigenvalue weighted by Gasteiger charge is 2.19. The second-order valence-corrected chi connectivity index (χ2v) is 7.34. The van der Waals surface area contributed by atoms with Crippen LogP contribution in [0.3, 0.4) is 0 Å². The molecular weight excluding hydrogens is 340 g/mol. The maximum absolute atomic E-state index is 12.6. The lowest BCUT2D eigenvalue weighted by Crippen LogP contribution is -2.39. The second kappa shape index (κ2) is 8.44. The molecule has 5 heteroatoms. The van der Waals surface area contributed by atoms with Crippen LogP contribution in [0.25, 0.3) is 0 Å². The number of hydrogen-bond donors (Lipinski definition) is 1. The lowest BCUT2D eigenvalue weighted by Gasteiger charge is -2.25. The minimum absolute atomic E-state index is 0.0210. The van der Waals surface area contributed by atoms with Crippen molar-refractivity contribution in [3.63, 3.8) is 0 Å². The standard InChI is InChI=1S/C22H28N2O3/c1-15(2)18-6-8-19(9-7-18)23-22(25)16(3)24(4)14-17-5-10-20-21(13-17)27-12-11-26-20/h5-10,13,15-16H,11-12,14H2,1-4H3,(H,23,25)/t16-/m1/s1. The summed E-state index contributed by atoms with van der Waals surface area (Å²) >= 11 is 0. The first-order valence-electron chi connectivity index (χ1n) is 9.43. The molecule has 1 heterocycles. The van der Waals surface area contributed by atoms with Crippen molar-refractivity contribution in [3.8, 4) is 11.5 Å². The van der Waals surface area contributed by atoms with Crippen LogP contribution in [0.4, 0.5) is 5.69 Å². The van der Waals surface area contributed by atoms with E-state index in [1.54, 1.807) is 0 Å². The highest BCUT2D eigenvalue weighted by molar-refractivity contribution is 5.94. The van der Waals surface area contributed by atoms with Crippen molar-refractivity contribution < 1.29 is 14.3 Å². The zero-order valence-electron chi connectivity index (χ0n) is 16.5. The number of amides is 1. The summed E-state index contributed by atoms with van der Waals surface area (Å²) in [5.41, 5.74) is 3.17. The van der Waals surface area contributed by atoms with E-state index in [2.05, 4.69) is 31.3 Å². The second-order valence-electron chi connectivity index (χ2n) is 7.34. The zero-order chi connectivity index (χ0) is 19.4. The van der Waals surface area contributed by atoms with Gasteiger partial charge in [-0.25, -0.2) is 0 Å². The number of likely N-dealkylation sites (N-methyl/N-ethyl adjacent to an activating group) is 1. The quantitative estimate of drug-likeness (QED) is 0.836. The molecule has 0 spiro atoms. The molecule has 1 aliphatic heterocycles. The van der Waals surface area contributed by atoms with Crippen molar-refractivity contribution in [2.24, 2.45) is 0 Å².